The largest absolute Gasteiger partial charge is 0.381 e. The molecule has 2 saturated heterocycles. The summed E-state index contributed by atoms with van der Waals surface area (Å²) in [5, 5.41) is 6.79. The van der Waals surface area contributed by atoms with Crippen molar-refractivity contribution in [2.24, 2.45) is 38.0 Å². The van der Waals surface area contributed by atoms with Gasteiger partial charge >= 0.3 is 0 Å². The van der Waals surface area contributed by atoms with E-state index in [1.165, 1.54) is 12.1 Å². The third-order valence-electron chi connectivity index (χ3n) is 8.44. The second-order valence-electron chi connectivity index (χ2n) is 11.2. The predicted octanol–water partition coefficient (Wildman–Crippen LogP) is 4.72. The van der Waals surface area contributed by atoms with Gasteiger partial charge in [-0.1, -0.05) is 37.0 Å². The highest BCUT2D eigenvalue weighted by Crippen LogP contribution is 2.44. The Hall–Kier alpha value is -2.69. The predicted molar refractivity (Wildman–Crippen MR) is 152 cm³/mol. The van der Waals surface area contributed by atoms with Gasteiger partial charge in [0.25, 0.3) is 0 Å². The van der Waals surface area contributed by atoms with E-state index in [4.69, 9.17) is 43.7 Å². The second-order valence-corrected chi connectivity index (χ2v) is 12.1. The van der Waals surface area contributed by atoms with Gasteiger partial charge in [0.2, 0.25) is 17.8 Å². The van der Waals surface area contributed by atoms with Gasteiger partial charge in [0, 0.05) is 48.0 Å². The highest BCUT2D eigenvalue weighted by molar-refractivity contribution is 6.36. The van der Waals surface area contributed by atoms with E-state index in [9.17, 15) is 9.18 Å². The first-order chi connectivity index (χ1) is 18.5. The quantitative estimate of drug-likeness (QED) is 0.448. The van der Waals surface area contributed by atoms with Crippen molar-refractivity contribution in [2.45, 2.75) is 64.6 Å². The summed E-state index contributed by atoms with van der Waals surface area (Å²) in [5.41, 5.74) is 4.98. The number of nitrogens with two attached hydrogens (primary N) is 1. The van der Waals surface area contributed by atoms with Crippen molar-refractivity contribution in [1.29, 1.82) is 0 Å². The average Bonchev–Trinajstić information content (AvgIpc) is 3.17. The van der Waals surface area contributed by atoms with Gasteiger partial charge in [0.05, 0.1) is 10.7 Å². The number of rotatable bonds is 4. The number of amides is 1. The molecule has 5 rings (SSSR count). The minimum Gasteiger partial charge on any atom is -0.381 e. The molecule has 3 aliphatic heterocycles. The minimum atomic E-state index is -0.890. The Labute approximate surface area is 237 Å². The lowest BCUT2D eigenvalue weighted by atomic mass is 9.73. The topological polar surface area (TPSA) is 117 Å². The number of hydrogen-bond acceptors (Lipinski definition) is 6. The smallest absolute Gasteiger partial charge is 0.224 e. The Bertz CT molecular complexity index is 1250. The number of halogens is 3. The number of aliphatic imine (C=N–C) groups is 3. The zero-order valence-electron chi connectivity index (χ0n) is 22.3. The highest BCUT2D eigenvalue weighted by Gasteiger charge is 2.51. The number of ether oxygens (including phenoxy) is 1. The zero-order valence-corrected chi connectivity index (χ0v) is 23.8. The molecule has 12 heteroatoms. The fraction of sp³-hybridized carbons (Fsp3) is 0.556. The van der Waals surface area contributed by atoms with E-state index in [0.717, 1.165) is 18.7 Å². The summed E-state index contributed by atoms with van der Waals surface area (Å²) in [7, 11) is 0. The van der Waals surface area contributed by atoms with Gasteiger partial charge < -0.3 is 26.0 Å². The molecule has 210 valence electrons. The van der Waals surface area contributed by atoms with Gasteiger partial charge in [-0.2, -0.15) is 0 Å². The molecule has 0 spiro atoms. The molecule has 1 amide bonds. The number of carbonyl (C=O) groups excluding carboxylic acids is 1. The van der Waals surface area contributed by atoms with Gasteiger partial charge in [-0.25, -0.2) is 19.4 Å². The van der Waals surface area contributed by atoms with E-state index in [1.807, 2.05) is 26.3 Å². The fourth-order valence-electron chi connectivity index (χ4n) is 5.75. The van der Waals surface area contributed by atoms with Gasteiger partial charge in [0.1, 0.15) is 5.69 Å². The van der Waals surface area contributed by atoms with Crippen molar-refractivity contribution < 1.29 is 13.9 Å². The van der Waals surface area contributed by atoms with E-state index >= 15 is 0 Å². The van der Waals surface area contributed by atoms with E-state index in [2.05, 4.69) is 27.4 Å². The summed E-state index contributed by atoms with van der Waals surface area (Å²) in [6.07, 6.45) is 7.29. The average molecular weight is 579 g/mol. The van der Waals surface area contributed by atoms with Crippen LogP contribution < -0.4 is 16.4 Å². The van der Waals surface area contributed by atoms with Crippen LogP contribution in [-0.2, 0) is 9.53 Å². The van der Waals surface area contributed by atoms with Crippen LogP contribution in [0.5, 0.6) is 0 Å². The monoisotopic (exact) mass is 577 g/mol. The van der Waals surface area contributed by atoms with Crippen LogP contribution in [0.1, 0.15) is 52.9 Å². The Morgan fingerprint density at radius 1 is 1.28 bits per heavy atom. The Morgan fingerprint density at radius 2 is 2.03 bits per heavy atom. The molecule has 2 unspecified atom stereocenters. The van der Waals surface area contributed by atoms with Gasteiger partial charge in [0.15, 0.2) is 11.5 Å². The van der Waals surface area contributed by atoms with Crippen LogP contribution in [0.2, 0.25) is 10.0 Å². The van der Waals surface area contributed by atoms with Gasteiger partial charge in [-0.15, -0.1) is 0 Å². The number of benzene rings is 1. The standard InChI is InChI=1S/C27H34Cl2FN7O2/c1-15-14-39-9-6-16(15)12-32-24-33-13-21-27(3,36-24)37(18-4-7-26(2,8-5-18)23(31)38)25(34-21)35-22-19(29)10-17(28)11-20(22)30/h10-13,15-16,18H,4-9,14H2,1-3H3,(H2,31,38)(H,33,36)(H,34,35)/t15-,16?,18?,26?,27?/m1/s1. The molecule has 3 atom stereocenters. The minimum absolute atomic E-state index is 0.0158. The van der Waals surface area contributed by atoms with Crippen LogP contribution in [0.25, 0.3) is 0 Å². The summed E-state index contributed by atoms with van der Waals surface area (Å²) in [5.74, 6) is 0.636. The van der Waals surface area contributed by atoms with Crippen molar-refractivity contribution in [1.82, 2.24) is 15.5 Å². The van der Waals surface area contributed by atoms with Crippen molar-refractivity contribution in [2.75, 3.05) is 13.2 Å². The fourth-order valence-corrected chi connectivity index (χ4v) is 6.26. The molecular weight excluding hydrogens is 544 g/mol. The summed E-state index contributed by atoms with van der Waals surface area (Å²) in [6, 6.07) is 2.60. The molecule has 0 aromatic heterocycles. The first-order valence-electron chi connectivity index (χ1n) is 13.3. The molecule has 1 aromatic rings. The molecule has 39 heavy (non-hydrogen) atoms. The summed E-state index contributed by atoms with van der Waals surface area (Å²) in [6.45, 7) is 7.47. The molecule has 4 aliphatic rings. The molecule has 3 fully saturated rings. The number of hydrogen-bond donors (Lipinski definition) is 3. The summed E-state index contributed by atoms with van der Waals surface area (Å²) >= 11 is 12.3. The van der Waals surface area contributed by atoms with Crippen molar-refractivity contribution in [3.8, 4) is 0 Å². The molecule has 3 heterocycles. The Kier molecular flexibility index (Phi) is 7.65. The number of fused-ring (bicyclic) bond motifs is 1. The maximum atomic E-state index is 14.9. The number of nitrogens with one attached hydrogen (secondary N) is 2. The highest BCUT2D eigenvalue weighted by atomic mass is 35.5. The van der Waals surface area contributed by atoms with E-state index in [0.29, 0.717) is 56.0 Å². The number of carbonyl (C=O) groups is 1. The van der Waals surface area contributed by atoms with Crippen LogP contribution in [-0.4, -0.2) is 53.9 Å². The van der Waals surface area contributed by atoms with Gasteiger partial charge in [-0.3, -0.25) is 4.79 Å². The maximum Gasteiger partial charge on any atom is 0.224 e. The molecule has 0 radical (unpaired) electrons. The lowest BCUT2D eigenvalue weighted by Crippen LogP contribution is -2.53. The van der Waals surface area contributed by atoms with Crippen LogP contribution in [0.4, 0.5) is 10.1 Å². The summed E-state index contributed by atoms with van der Waals surface area (Å²) < 4.78 is 20.5. The molecule has 1 aromatic carbocycles. The van der Waals surface area contributed by atoms with Crippen molar-refractivity contribution in [3.05, 3.63) is 39.9 Å². The molecule has 1 saturated carbocycles. The third kappa shape index (κ3) is 5.38. The zero-order chi connectivity index (χ0) is 27.9. The number of primary amides is 1. The Balaban J connectivity index is 1.51. The van der Waals surface area contributed by atoms with Gasteiger partial charge in [-0.05, 0) is 57.1 Å². The first kappa shape index (κ1) is 27.9. The van der Waals surface area contributed by atoms with Crippen LogP contribution in [0, 0.1) is 23.1 Å². The van der Waals surface area contributed by atoms with Crippen LogP contribution >= 0.6 is 23.2 Å². The lowest BCUT2D eigenvalue weighted by molar-refractivity contribution is -0.129. The summed E-state index contributed by atoms with van der Waals surface area (Å²) in [4.78, 5) is 28.5. The van der Waals surface area contributed by atoms with Crippen LogP contribution in [0.15, 0.2) is 39.0 Å². The molecule has 0 bridgehead atoms. The third-order valence-corrected chi connectivity index (χ3v) is 8.94. The lowest BCUT2D eigenvalue weighted by Gasteiger charge is -2.44. The normalized spacial score (nSPS) is 33.8. The Morgan fingerprint density at radius 3 is 2.69 bits per heavy atom. The maximum absolute atomic E-state index is 14.9. The van der Waals surface area contributed by atoms with Crippen molar-refractivity contribution >= 4 is 52.9 Å². The van der Waals surface area contributed by atoms with E-state index in [-0.39, 0.29) is 27.7 Å². The van der Waals surface area contributed by atoms with E-state index < -0.39 is 16.9 Å². The molecule has 1 aliphatic carbocycles. The number of guanidine groups is 2. The van der Waals surface area contributed by atoms with E-state index in [1.54, 1.807) is 0 Å². The molecular formula is C27H34Cl2FN7O2. The molecule has 9 nitrogen and oxygen atoms in total. The van der Waals surface area contributed by atoms with Crippen molar-refractivity contribution in [3.63, 3.8) is 0 Å². The second kappa shape index (κ2) is 10.7. The number of nitrogens with zero attached hydrogens (tertiary/aromatic N) is 4. The first-order valence-corrected chi connectivity index (χ1v) is 14.0. The van der Waals surface area contributed by atoms with Crippen LogP contribution in [0.3, 0.4) is 0 Å². The molecule has 4 N–H and O–H groups in total. The SMILES string of the molecule is C[C@@H]1COCCC1C=NC1=NC2(C)C(=CN1)NC(=Nc1c(F)cc(Cl)cc1Cl)N2C1CCC(C)(C(N)=O)CC1.